The van der Waals surface area contributed by atoms with Crippen molar-refractivity contribution in [3.63, 3.8) is 0 Å². The van der Waals surface area contributed by atoms with E-state index in [-0.39, 0.29) is 11.9 Å². The van der Waals surface area contributed by atoms with Crippen molar-refractivity contribution in [1.29, 1.82) is 0 Å². The molecule has 0 aliphatic heterocycles. The first-order chi connectivity index (χ1) is 12.6. The van der Waals surface area contributed by atoms with Gasteiger partial charge in [-0.05, 0) is 51.5 Å². The van der Waals surface area contributed by atoms with Gasteiger partial charge in [0.15, 0.2) is 11.6 Å². The van der Waals surface area contributed by atoms with E-state index in [1.54, 1.807) is 11.0 Å². The number of hydrogen-bond donors (Lipinski definition) is 1. The van der Waals surface area contributed by atoms with Gasteiger partial charge in [0.2, 0.25) is 5.91 Å². The fourth-order valence-corrected chi connectivity index (χ4v) is 3.04. The van der Waals surface area contributed by atoms with E-state index >= 15 is 0 Å². The second-order valence-corrected chi connectivity index (χ2v) is 7.23. The largest absolute Gasteiger partial charge is 0.513 e. The van der Waals surface area contributed by atoms with E-state index in [1.165, 1.54) is 13.0 Å². The number of hydrogen-bond acceptors (Lipinski definition) is 5. The lowest BCUT2D eigenvalue weighted by atomic mass is 10.1. The average molecular weight is 371 g/mol. The summed E-state index contributed by atoms with van der Waals surface area (Å²) in [4.78, 5) is 29.5. The highest BCUT2D eigenvalue weighted by molar-refractivity contribution is 5.96. The van der Waals surface area contributed by atoms with E-state index in [1.807, 2.05) is 50.4 Å². The topological polar surface area (TPSA) is 97.3 Å². The molecule has 0 atom stereocenters. The van der Waals surface area contributed by atoms with Gasteiger partial charge in [-0.25, -0.2) is 9.78 Å². The number of rotatable bonds is 3. The highest BCUT2D eigenvalue weighted by Crippen LogP contribution is 2.37. The monoisotopic (exact) mass is 371 g/mol. The lowest BCUT2D eigenvalue weighted by Crippen LogP contribution is -2.45. The number of pyridine rings is 1. The summed E-state index contributed by atoms with van der Waals surface area (Å²) in [5.74, 6) is 0.529. The molecule has 0 aliphatic rings. The number of ether oxygens (including phenoxy) is 1. The Morgan fingerprint density at radius 2 is 1.96 bits per heavy atom. The maximum atomic E-state index is 12.5. The highest BCUT2D eigenvalue weighted by atomic mass is 16.7. The summed E-state index contributed by atoms with van der Waals surface area (Å²) in [6, 6.07) is 6.78. The van der Waals surface area contributed by atoms with Crippen LogP contribution in [0.2, 0.25) is 0 Å². The van der Waals surface area contributed by atoms with Crippen molar-refractivity contribution in [1.82, 2.24) is 9.38 Å². The van der Waals surface area contributed by atoms with E-state index in [9.17, 15) is 9.59 Å². The molecule has 142 valence electrons. The van der Waals surface area contributed by atoms with Gasteiger partial charge in [0, 0.05) is 24.7 Å². The molecule has 0 saturated heterocycles. The summed E-state index contributed by atoms with van der Waals surface area (Å²) >= 11 is 0. The van der Waals surface area contributed by atoms with Crippen LogP contribution in [0, 0.1) is 6.92 Å². The third kappa shape index (κ3) is 3.51. The number of anilines is 1. The van der Waals surface area contributed by atoms with Gasteiger partial charge in [0.05, 0.1) is 0 Å². The van der Waals surface area contributed by atoms with Crippen molar-refractivity contribution < 1.29 is 23.8 Å². The summed E-state index contributed by atoms with van der Waals surface area (Å²) in [5.41, 5.74) is 1.57. The number of fused-ring (bicyclic) bond motifs is 1. The first-order valence-corrected chi connectivity index (χ1v) is 8.38. The van der Waals surface area contributed by atoms with Gasteiger partial charge in [-0.3, -0.25) is 14.1 Å². The van der Waals surface area contributed by atoms with Crippen molar-refractivity contribution >= 4 is 23.5 Å². The van der Waals surface area contributed by atoms with Crippen LogP contribution < -0.4 is 9.64 Å². The summed E-state index contributed by atoms with van der Waals surface area (Å²) in [5, 5.41) is 8.76. The molecule has 8 heteroatoms. The summed E-state index contributed by atoms with van der Waals surface area (Å²) in [6.45, 7) is 9.21. The number of amides is 1. The minimum atomic E-state index is -1.47. The fraction of sp³-hybridized carbons (Fsp3) is 0.316. The number of carbonyl (C=O) groups is 2. The quantitative estimate of drug-likeness (QED) is 0.696. The van der Waals surface area contributed by atoms with Crippen LogP contribution in [-0.2, 0) is 4.79 Å². The van der Waals surface area contributed by atoms with Crippen molar-refractivity contribution in [3.05, 3.63) is 36.0 Å². The van der Waals surface area contributed by atoms with Gasteiger partial charge >= 0.3 is 6.16 Å². The molecule has 3 rings (SSSR count). The van der Waals surface area contributed by atoms with E-state index in [0.29, 0.717) is 22.9 Å². The average Bonchev–Trinajstić information content (AvgIpc) is 3.09. The van der Waals surface area contributed by atoms with Crippen LogP contribution >= 0.6 is 0 Å². The molecule has 0 unspecified atom stereocenters. The Morgan fingerprint density at radius 3 is 2.56 bits per heavy atom. The Hall–Kier alpha value is -3.29. The molecule has 0 radical (unpaired) electrons. The number of aryl methyl sites for hydroxylation is 1. The first kappa shape index (κ1) is 18.5. The number of carbonyl (C=O) groups excluding carboxylic acids is 1. The molecule has 3 heterocycles. The van der Waals surface area contributed by atoms with Gasteiger partial charge in [-0.15, -0.1) is 0 Å². The molecule has 0 aliphatic carbocycles. The second kappa shape index (κ2) is 6.46. The minimum absolute atomic E-state index is 0.153. The Kier molecular flexibility index (Phi) is 4.43. The second-order valence-electron chi connectivity index (χ2n) is 7.23. The molecular weight excluding hydrogens is 350 g/mol. The zero-order chi connectivity index (χ0) is 19.9. The Morgan fingerprint density at radius 1 is 1.26 bits per heavy atom. The normalized spacial score (nSPS) is 11.6. The summed E-state index contributed by atoms with van der Waals surface area (Å²) < 4.78 is 11.9. The fourth-order valence-electron chi connectivity index (χ4n) is 3.04. The third-order valence-corrected chi connectivity index (χ3v) is 3.96. The van der Waals surface area contributed by atoms with Crippen molar-refractivity contribution in [2.75, 3.05) is 4.90 Å². The molecule has 3 aromatic heterocycles. The lowest BCUT2D eigenvalue weighted by Gasteiger charge is -2.34. The molecule has 0 fully saturated rings. The van der Waals surface area contributed by atoms with Crippen LogP contribution in [0.25, 0.3) is 17.1 Å². The number of aromatic nitrogens is 2. The third-order valence-electron chi connectivity index (χ3n) is 3.96. The number of nitrogens with zero attached hydrogens (tertiary/aromatic N) is 3. The molecule has 0 aromatic carbocycles. The predicted molar refractivity (Wildman–Crippen MR) is 99.2 cm³/mol. The maximum absolute atomic E-state index is 12.5. The highest BCUT2D eigenvalue weighted by Gasteiger charge is 2.32. The molecule has 3 aromatic rings. The smallest absolute Gasteiger partial charge is 0.449 e. The van der Waals surface area contributed by atoms with Crippen LogP contribution in [0.3, 0.4) is 0 Å². The maximum Gasteiger partial charge on any atom is 0.513 e. The molecule has 0 saturated carbocycles. The van der Waals surface area contributed by atoms with Crippen LogP contribution in [0.15, 0.2) is 34.9 Å². The van der Waals surface area contributed by atoms with Gasteiger partial charge in [-0.2, -0.15) is 0 Å². The van der Waals surface area contributed by atoms with Crippen molar-refractivity contribution in [3.8, 4) is 17.4 Å². The van der Waals surface area contributed by atoms with Crippen LogP contribution in [0.5, 0.6) is 5.95 Å². The molecule has 0 spiro atoms. The summed E-state index contributed by atoms with van der Waals surface area (Å²) in [7, 11) is 0. The Balaban J connectivity index is 2.27. The van der Waals surface area contributed by atoms with Crippen LogP contribution in [0.1, 0.15) is 33.3 Å². The minimum Gasteiger partial charge on any atom is -0.449 e. The van der Waals surface area contributed by atoms with E-state index in [4.69, 9.17) is 9.52 Å². The molecule has 0 bridgehead atoms. The van der Waals surface area contributed by atoms with Gasteiger partial charge in [0.25, 0.3) is 5.95 Å². The standard InChI is InChI=1S/C19H21N3O5/c1-11-8-9-21-14(10-11)20-16(13-6-7-15(26-13)27-18(24)25)17(21)22(12(2)23)19(3,4)5/h6-10H,1-5H3,(H,24,25). The van der Waals surface area contributed by atoms with Crippen LogP contribution in [0.4, 0.5) is 10.6 Å². The zero-order valence-corrected chi connectivity index (χ0v) is 15.8. The zero-order valence-electron chi connectivity index (χ0n) is 15.8. The molecule has 1 amide bonds. The predicted octanol–water partition coefficient (Wildman–Crippen LogP) is 4.11. The van der Waals surface area contributed by atoms with Crippen LogP contribution in [-0.4, -0.2) is 32.1 Å². The Bertz CT molecular complexity index is 1030. The SMILES string of the molecule is CC(=O)N(c1c(-c2ccc(OC(=O)O)o2)nc2cc(C)ccn12)C(C)(C)C. The van der Waals surface area contributed by atoms with Gasteiger partial charge in [-0.1, -0.05) is 0 Å². The van der Waals surface area contributed by atoms with E-state index in [0.717, 1.165) is 5.56 Å². The van der Waals surface area contributed by atoms with Crippen molar-refractivity contribution in [2.24, 2.45) is 0 Å². The van der Waals surface area contributed by atoms with Gasteiger partial charge in [0.1, 0.15) is 11.3 Å². The molecule has 27 heavy (non-hydrogen) atoms. The molecule has 1 N–H and O–H groups in total. The van der Waals surface area contributed by atoms with Gasteiger partial charge < -0.3 is 14.3 Å². The molecular formula is C19H21N3O5. The Labute approximate surface area is 156 Å². The van der Waals surface area contributed by atoms with E-state index in [2.05, 4.69) is 9.72 Å². The lowest BCUT2D eigenvalue weighted by molar-refractivity contribution is -0.117. The van der Waals surface area contributed by atoms with E-state index < -0.39 is 11.7 Å². The number of carboxylic acid groups (broad SMARTS) is 1. The first-order valence-electron chi connectivity index (χ1n) is 8.38. The summed E-state index contributed by atoms with van der Waals surface area (Å²) in [6.07, 6.45) is 0.372. The number of furan rings is 1. The number of imidazole rings is 1. The van der Waals surface area contributed by atoms with Crippen molar-refractivity contribution in [2.45, 2.75) is 40.2 Å². The molecule has 8 nitrogen and oxygen atoms in total.